The lowest BCUT2D eigenvalue weighted by Gasteiger charge is -2.10. The van der Waals surface area contributed by atoms with Crippen molar-refractivity contribution in [3.63, 3.8) is 0 Å². The normalized spacial score (nSPS) is 10.1. The average molecular weight is 355 g/mol. The first-order chi connectivity index (χ1) is 9.49. The smallest absolute Gasteiger partial charge is 0.357 e. The fraction of sp³-hybridized carbons (Fsp3) is 0.0769. The third kappa shape index (κ3) is 2.38. The topological polar surface area (TPSA) is 81.0 Å². The Balaban J connectivity index is 2.74. The molecule has 0 aliphatic rings. The number of benzene rings is 1. The second-order valence-electron chi connectivity index (χ2n) is 3.87. The molecule has 0 unspecified atom stereocenters. The van der Waals surface area contributed by atoms with Crippen LogP contribution in [0.15, 0.2) is 28.9 Å². The second kappa shape index (κ2) is 5.57. The highest BCUT2D eigenvalue weighted by Gasteiger charge is 2.22. The molecule has 102 valence electrons. The minimum absolute atomic E-state index is 0.0679. The number of aromatic nitrogens is 1. The molecule has 2 aromatic rings. The number of nitriles is 1. The van der Waals surface area contributed by atoms with Gasteiger partial charge in [-0.3, -0.25) is 0 Å². The van der Waals surface area contributed by atoms with Gasteiger partial charge in [0.25, 0.3) is 0 Å². The maximum Gasteiger partial charge on any atom is 0.357 e. The van der Waals surface area contributed by atoms with Gasteiger partial charge in [0.2, 0.25) is 0 Å². The zero-order valence-electron chi connectivity index (χ0n) is 10.4. The molecule has 0 spiro atoms. The fourth-order valence-corrected chi connectivity index (χ4v) is 2.55. The van der Waals surface area contributed by atoms with E-state index in [1.54, 1.807) is 18.2 Å². The van der Waals surface area contributed by atoms with Crippen LogP contribution in [-0.4, -0.2) is 17.6 Å². The van der Waals surface area contributed by atoms with E-state index < -0.39 is 5.97 Å². The highest BCUT2D eigenvalue weighted by molar-refractivity contribution is 9.10. The van der Waals surface area contributed by atoms with Crippen molar-refractivity contribution >= 4 is 39.2 Å². The summed E-state index contributed by atoms with van der Waals surface area (Å²) in [5.41, 5.74) is 6.67. The van der Waals surface area contributed by atoms with Crippen LogP contribution in [0.1, 0.15) is 16.1 Å². The Morgan fingerprint density at radius 3 is 2.80 bits per heavy atom. The first-order valence-electron chi connectivity index (χ1n) is 5.44. The van der Waals surface area contributed by atoms with E-state index in [9.17, 15) is 4.79 Å². The highest BCUT2D eigenvalue weighted by atomic mass is 79.9. The summed E-state index contributed by atoms with van der Waals surface area (Å²) in [6, 6.07) is 7.09. The van der Waals surface area contributed by atoms with Crippen LogP contribution in [0.3, 0.4) is 0 Å². The molecule has 0 saturated heterocycles. The molecule has 2 N–H and O–H groups in total. The molecule has 0 aliphatic carbocycles. The lowest BCUT2D eigenvalue weighted by atomic mass is 10.2. The second-order valence-corrected chi connectivity index (χ2v) is 5.20. The monoisotopic (exact) mass is 353 g/mol. The molecule has 2 rings (SSSR count). The summed E-state index contributed by atoms with van der Waals surface area (Å²) in [6.45, 7) is 0. The molecule has 0 atom stereocenters. The number of hydrogen-bond acceptors (Lipinski definition) is 4. The summed E-state index contributed by atoms with van der Waals surface area (Å²) >= 11 is 9.46. The SMILES string of the molecule is COC(=O)c1c(N)c(C#N)cn1-c1ccc(Br)cc1Cl. The number of carbonyl (C=O) groups excluding carboxylic acids is 1. The van der Waals surface area contributed by atoms with E-state index in [-0.39, 0.29) is 16.9 Å². The molecule has 20 heavy (non-hydrogen) atoms. The molecule has 0 amide bonds. The van der Waals surface area contributed by atoms with Crippen LogP contribution in [0.5, 0.6) is 0 Å². The van der Waals surface area contributed by atoms with Gasteiger partial charge in [0.1, 0.15) is 6.07 Å². The maximum atomic E-state index is 11.9. The Bertz CT molecular complexity index is 734. The van der Waals surface area contributed by atoms with Crippen molar-refractivity contribution < 1.29 is 9.53 Å². The number of anilines is 1. The molecular formula is C13H9BrClN3O2. The first kappa shape index (κ1) is 14.4. The predicted octanol–water partition coefficient (Wildman–Crippen LogP) is 3.13. The third-order valence-corrected chi connectivity index (χ3v) is 3.51. The van der Waals surface area contributed by atoms with Crippen LogP contribution >= 0.6 is 27.5 Å². The van der Waals surface area contributed by atoms with Gasteiger partial charge >= 0.3 is 5.97 Å². The fourth-order valence-electron chi connectivity index (χ4n) is 1.78. The number of carbonyl (C=O) groups is 1. The summed E-state index contributed by atoms with van der Waals surface area (Å²) in [6.07, 6.45) is 1.46. The van der Waals surface area contributed by atoms with E-state index in [0.29, 0.717) is 10.7 Å². The summed E-state index contributed by atoms with van der Waals surface area (Å²) in [5, 5.41) is 9.44. The number of nitrogens with zero attached hydrogens (tertiary/aromatic N) is 2. The molecule has 7 heteroatoms. The lowest BCUT2D eigenvalue weighted by Crippen LogP contribution is -2.11. The largest absolute Gasteiger partial charge is 0.464 e. The van der Waals surface area contributed by atoms with Crippen molar-refractivity contribution in [2.45, 2.75) is 0 Å². The molecule has 1 heterocycles. The summed E-state index contributed by atoms with van der Waals surface area (Å²) in [5.74, 6) is -0.636. The summed E-state index contributed by atoms with van der Waals surface area (Å²) in [7, 11) is 1.24. The average Bonchev–Trinajstić information content (AvgIpc) is 2.74. The van der Waals surface area contributed by atoms with Gasteiger partial charge in [0, 0.05) is 10.7 Å². The van der Waals surface area contributed by atoms with Crippen molar-refractivity contribution in [3.05, 3.63) is 45.1 Å². The van der Waals surface area contributed by atoms with Gasteiger partial charge in [-0.05, 0) is 18.2 Å². The molecule has 0 saturated carbocycles. The molecular weight excluding hydrogens is 346 g/mol. The van der Waals surface area contributed by atoms with Gasteiger partial charge in [-0.1, -0.05) is 27.5 Å². The van der Waals surface area contributed by atoms with Crippen molar-refractivity contribution in [1.82, 2.24) is 4.57 Å². The molecule has 0 fully saturated rings. The lowest BCUT2D eigenvalue weighted by molar-refractivity contribution is 0.0593. The van der Waals surface area contributed by atoms with Crippen LogP contribution in [0.4, 0.5) is 5.69 Å². The van der Waals surface area contributed by atoms with Gasteiger partial charge in [-0.15, -0.1) is 0 Å². The predicted molar refractivity (Wildman–Crippen MR) is 78.9 cm³/mol. The zero-order chi connectivity index (χ0) is 14.9. The molecule has 1 aromatic carbocycles. The van der Waals surface area contributed by atoms with Gasteiger partial charge < -0.3 is 15.0 Å². The molecule has 5 nitrogen and oxygen atoms in total. The Morgan fingerprint density at radius 2 is 2.25 bits per heavy atom. The van der Waals surface area contributed by atoms with E-state index in [4.69, 9.17) is 27.3 Å². The van der Waals surface area contributed by atoms with E-state index in [1.807, 2.05) is 6.07 Å². The Labute approximate surface area is 128 Å². The molecule has 0 bridgehead atoms. The van der Waals surface area contributed by atoms with Gasteiger partial charge in [-0.2, -0.15) is 5.26 Å². The molecule has 0 aliphatic heterocycles. The minimum Gasteiger partial charge on any atom is -0.464 e. The van der Waals surface area contributed by atoms with Gasteiger partial charge in [0.05, 0.1) is 29.1 Å². The van der Waals surface area contributed by atoms with Crippen molar-refractivity contribution in [1.29, 1.82) is 5.26 Å². The highest BCUT2D eigenvalue weighted by Crippen LogP contribution is 2.30. The maximum absolute atomic E-state index is 11.9. The van der Waals surface area contributed by atoms with E-state index in [0.717, 1.165) is 4.47 Å². The number of nitrogen functional groups attached to an aromatic ring is 1. The van der Waals surface area contributed by atoms with E-state index in [1.165, 1.54) is 17.9 Å². The Kier molecular flexibility index (Phi) is 4.02. The molecule has 1 aromatic heterocycles. The number of hydrogen-bond donors (Lipinski definition) is 1. The van der Waals surface area contributed by atoms with Crippen molar-refractivity contribution in [2.24, 2.45) is 0 Å². The van der Waals surface area contributed by atoms with Crippen LogP contribution in [0.25, 0.3) is 5.69 Å². The van der Waals surface area contributed by atoms with Crippen LogP contribution in [0.2, 0.25) is 5.02 Å². The first-order valence-corrected chi connectivity index (χ1v) is 6.61. The van der Waals surface area contributed by atoms with Crippen LogP contribution in [-0.2, 0) is 4.74 Å². The van der Waals surface area contributed by atoms with E-state index in [2.05, 4.69) is 15.9 Å². The van der Waals surface area contributed by atoms with Gasteiger partial charge in [0.15, 0.2) is 5.69 Å². The third-order valence-electron chi connectivity index (χ3n) is 2.71. The van der Waals surface area contributed by atoms with Gasteiger partial charge in [-0.25, -0.2) is 4.79 Å². The number of ether oxygens (including phenoxy) is 1. The molecule has 0 radical (unpaired) electrons. The zero-order valence-corrected chi connectivity index (χ0v) is 12.7. The number of rotatable bonds is 2. The van der Waals surface area contributed by atoms with E-state index >= 15 is 0 Å². The van der Waals surface area contributed by atoms with Crippen molar-refractivity contribution in [3.8, 4) is 11.8 Å². The number of esters is 1. The quantitative estimate of drug-likeness (QED) is 0.840. The minimum atomic E-state index is -0.636. The summed E-state index contributed by atoms with van der Waals surface area (Å²) < 4.78 is 6.95. The number of methoxy groups -OCH3 is 1. The number of nitrogens with two attached hydrogens (primary N) is 1. The van der Waals surface area contributed by atoms with Crippen molar-refractivity contribution in [2.75, 3.05) is 12.8 Å². The number of halogens is 2. The van der Waals surface area contributed by atoms with Crippen LogP contribution in [0, 0.1) is 11.3 Å². The standard InChI is InChI=1S/C13H9BrClN3O2/c1-20-13(19)12-11(17)7(5-16)6-18(12)10-3-2-8(14)4-9(10)15/h2-4,6H,17H2,1H3. The Hall–Kier alpha value is -1.97. The van der Waals surface area contributed by atoms with Crippen LogP contribution < -0.4 is 5.73 Å². The Morgan fingerprint density at radius 1 is 1.55 bits per heavy atom. The summed E-state index contributed by atoms with van der Waals surface area (Å²) in [4.78, 5) is 11.9.